The lowest BCUT2D eigenvalue weighted by Crippen LogP contribution is -2.49. The molecule has 1 aliphatic rings. The third-order valence-electron chi connectivity index (χ3n) is 4.89. The highest BCUT2D eigenvalue weighted by molar-refractivity contribution is 6.29. The van der Waals surface area contributed by atoms with Crippen molar-refractivity contribution in [2.75, 3.05) is 44.4 Å². The molecule has 4 rings (SSSR count). The van der Waals surface area contributed by atoms with Crippen LogP contribution in [0.2, 0.25) is 5.15 Å². The largest absolute Gasteiger partial charge is 0.474 e. The first kappa shape index (κ1) is 21.2. The molecule has 1 atom stereocenters. The molecule has 31 heavy (non-hydrogen) atoms. The Hall–Kier alpha value is -3.01. The van der Waals surface area contributed by atoms with E-state index in [4.69, 9.17) is 20.8 Å². The van der Waals surface area contributed by atoms with Gasteiger partial charge in [0.05, 0.1) is 5.56 Å². The van der Waals surface area contributed by atoms with Crippen molar-refractivity contribution in [2.24, 2.45) is 0 Å². The number of hydrogen-bond donors (Lipinski definition) is 0. The Labute approximate surface area is 181 Å². The number of hydrogen-bond acceptors (Lipinski definition) is 7. The van der Waals surface area contributed by atoms with Crippen LogP contribution in [-0.4, -0.2) is 71.4 Å². The van der Waals surface area contributed by atoms with Crippen molar-refractivity contribution in [1.82, 2.24) is 19.9 Å². The number of halogens is 3. The number of piperazine rings is 1. The van der Waals surface area contributed by atoms with Gasteiger partial charge in [-0.2, -0.15) is 4.98 Å². The maximum Gasteiger partial charge on any atom is 0.300 e. The Morgan fingerprint density at radius 1 is 1.29 bits per heavy atom. The van der Waals surface area contributed by atoms with Crippen LogP contribution in [0.1, 0.15) is 15.9 Å². The zero-order valence-electron chi connectivity index (χ0n) is 16.7. The topological polar surface area (TPSA) is 84.6 Å². The zero-order valence-corrected chi connectivity index (χ0v) is 17.5. The van der Waals surface area contributed by atoms with Crippen LogP contribution >= 0.6 is 11.6 Å². The van der Waals surface area contributed by atoms with E-state index in [1.165, 1.54) is 6.20 Å². The Morgan fingerprint density at radius 2 is 2.06 bits per heavy atom. The number of aromatic nitrogens is 3. The summed E-state index contributed by atoms with van der Waals surface area (Å²) in [6.45, 7) is 2.20. The van der Waals surface area contributed by atoms with Gasteiger partial charge in [-0.25, -0.2) is 18.7 Å². The Balaban J connectivity index is 1.38. The van der Waals surface area contributed by atoms with Gasteiger partial charge in [-0.05, 0) is 25.1 Å². The number of nitrogens with zero attached hydrogens (tertiary/aromatic N) is 5. The summed E-state index contributed by atoms with van der Waals surface area (Å²) in [5, 5.41) is 0.343. The van der Waals surface area contributed by atoms with Gasteiger partial charge in [0.15, 0.2) is 11.8 Å². The predicted molar refractivity (Wildman–Crippen MR) is 110 cm³/mol. The second kappa shape index (κ2) is 9.01. The first-order chi connectivity index (χ1) is 14.9. The molecule has 11 heteroatoms. The van der Waals surface area contributed by atoms with Crippen molar-refractivity contribution >= 4 is 34.8 Å². The SMILES string of the molecule is Cc1cc(C(=O)N2CCN(c3nc4nc(Cl)ccc4o3)CC2)cnc1OC[C@H](F)CF. The van der Waals surface area contributed by atoms with Crippen LogP contribution in [0.5, 0.6) is 5.88 Å². The van der Waals surface area contributed by atoms with Crippen molar-refractivity contribution in [2.45, 2.75) is 13.1 Å². The van der Waals surface area contributed by atoms with Gasteiger partial charge in [0, 0.05) is 37.9 Å². The number of carbonyl (C=O) groups is 1. The van der Waals surface area contributed by atoms with Gasteiger partial charge in [-0.15, -0.1) is 0 Å². The number of alkyl halides is 2. The van der Waals surface area contributed by atoms with Crippen LogP contribution < -0.4 is 9.64 Å². The molecule has 0 aromatic carbocycles. The van der Waals surface area contributed by atoms with E-state index in [0.29, 0.717) is 59.7 Å². The molecule has 0 saturated carbocycles. The summed E-state index contributed by atoms with van der Waals surface area (Å²) in [5.74, 6) is 0.0158. The molecule has 3 aromatic heterocycles. The van der Waals surface area contributed by atoms with Gasteiger partial charge in [-0.1, -0.05) is 11.6 Å². The van der Waals surface area contributed by atoms with E-state index in [1.54, 1.807) is 30.0 Å². The van der Waals surface area contributed by atoms with Crippen LogP contribution in [0, 0.1) is 6.92 Å². The molecular weight excluding hydrogens is 432 g/mol. The maximum absolute atomic E-state index is 13.0. The number of ether oxygens (including phenoxy) is 1. The number of pyridine rings is 2. The standard InChI is InChI=1S/C20H20ClF2N5O3/c1-12-8-13(10-24-18(12)30-11-14(23)9-22)19(29)27-4-6-28(7-5-27)20-26-17-15(31-20)2-3-16(21)25-17/h2-3,8,10,14H,4-7,9,11H2,1H3/t14-/m1/s1. The molecule has 164 valence electrons. The van der Waals surface area contributed by atoms with E-state index in [-0.39, 0.29) is 11.8 Å². The molecule has 8 nitrogen and oxygen atoms in total. The molecule has 0 aliphatic carbocycles. The second-order valence-corrected chi connectivity index (χ2v) is 7.53. The average molecular weight is 452 g/mol. The highest BCUT2D eigenvalue weighted by Crippen LogP contribution is 2.24. The predicted octanol–water partition coefficient (Wildman–Crippen LogP) is 3.23. The van der Waals surface area contributed by atoms with E-state index in [9.17, 15) is 13.6 Å². The van der Waals surface area contributed by atoms with Crippen molar-refractivity contribution in [3.05, 3.63) is 40.7 Å². The highest BCUT2D eigenvalue weighted by atomic mass is 35.5. The molecule has 0 spiro atoms. The van der Waals surface area contributed by atoms with Gasteiger partial charge < -0.3 is 19.0 Å². The summed E-state index contributed by atoms with van der Waals surface area (Å²) in [6, 6.07) is 5.43. The summed E-state index contributed by atoms with van der Waals surface area (Å²) in [6.07, 6.45) is -0.316. The number of aryl methyl sites for hydroxylation is 1. The second-order valence-electron chi connectivity index (χ2n) is 7.14. The summed E-state index contributed by atoms with van der Waals surface area (Å²) in [5.41, 5.74) is 1.97. The van der Waals surface area contributed by atoms with Gasteiger partial charge in [0.1, 0.15) is 18.4 Å². The van der Waals surface area contributed by atoms with Crippen molar-refractivity contribution in [3.8, 4) is 5.88 Å². The molecule has 3 aromatic rings. The van der Waals surface area contributed by atoms with Crippen LogP contribution in [0.4, 0.5) is 14.8 Å². The van der Waals surface area contributed by atoms with Crippen LogP contribution in [0.15, 0.2) is 28.8 Å². The molecule has 0 radical (unpaired) electrons. The minimum Gasteiger partial charge on any atom is -0.474 e. The first-order valence-electron chi connectivity index (χ1n) is 9.71. The number of carbonyl (C=O) groups excluding carboxylic acids is 1. The number of anilines is 1. The molecule has 1 aliphatic heterocycles. The van der Waals surface area contributed by atoms with Crippen LogP contribution in [0.3, 0.4) is 0 Å². The molecule has 1 saturated heterocycles. The quantitative estimate of drug-likeness (QED) is 0.532. The highest BCUT2D eigenvalue weighted by Gasteiger charge is 2.25. The van der Waals surface area contributed by atoms with E-state index in [1.807, 2.05) is 4.90 Å². The number of rotatable bonds is 6. The van der Waals surface area contributed by atoms with Crippen LogP contribution in [-0.2, 0) is 0 Å². The number of oxazole rings is 1. The van der Waals surface area contributed by atoms with Crippen molar-refractivity contribution < 1.29 is 22.7 Å². The molecule has 1 fully saturated rings. The van der Waals surface area contributed by atoms with E-state index >= 15 is 0 Å². The van der Waals surface area contributed by atoms with Gasteiger partial charge in [0.2, 0.25) is 11.5 Å². The molecule has 0 N–H and O–H groups in total. The van der Waals surface area contributed by atoms with E-state index in [2.05, 4.69) is 15.0 Å². The van der Waals surface area contributed by atoms with Crippen LogP contribution in [0.25, 0.3) is 11.2 Å². The fraction of sp³-hybridized carbons (Fsp3) is 0.400. The fourth-order valence-corrected chi connectivity index (χ4v) is 3.39. The third kappa shape index (κ3) is 4.68. The zero-order chi connectivity index (χ0) is 22.0. The lowest BCUT2D eigenvalue weighted by Gasteiger charge is -2.33. The Morgan fingerprint density at radius 3 is 2.77 bits per heavy atom. The van der Waals surface area contributed by atoms with Gasteiger partial charge in [-0.3, -0.25) is 4.79 Å². The third-order valence-corrected chi connectivity index (χ3v) is 5.10. The summed E-state index contributed by atoms with van der Waals surface area (Å²) >= 11 is 5.89. The minimum absolute atomic E-state index is 0.167. The number of fused-ring (bicyclic) bond motifs is 1. The normalized spacial score (nSPS) is 15.4. The Kier molecular flexibility index (Phi) is 6.17. The number of amides is 1. The molecule has 4 heterocycles. The van der Waals surface area contributed by atoms with E-state index in [0.717, 1.165) is 0 Å². The van der Waals surface area contributed by atoms with Gasteiger partial charge >= 0.3 is 0 Å². The molecule has 0 bridgehead atoms. The Bertz CT molecular complexity index is 1090. The monoisotopic (exact) mass is 451 g/mol. The lowest BCUT2D eigenvalue weighted by atomic mass is 10.1. The van der Waals surface area contributed by atoms with Crippen molar-refractivity contribution in [3.63, 3.8) is 0 Å². The summed E-state index contributed by atoms with van der Waals surface area (Å²) < 4.78 is 36.2. The molecule has 1 amide bonds. The molecule has 0 unspecified atom stereocenters. The maximum atomic E-state index is 13.0. The smallest absolute Gasteiger partial charge is 0.300 e. The summed E-state index contributed by atoms with van der Waals surface area (Å²) in [4.78, 5) is 29.1. The van der Waals surface area contributed by atoms with Crippen molar-refractivity contribution in [1.29, 1.82) is 0 Å². The average Bonchev–Trinajstić information content (AvgIpc) is 3.20. The minimum atomic E-state index is -1.70. The fourth-order valence-electron chi connectivity index (χ4n) is 3.25. The molecular formula is C20H20ClF2N5O3. The lowest BCUT2D eigenvalue weighted by molar-refractivity contribution is 0.0744. The first-order valence-corrected chi connectivity index (χ1v) is 10.1. The summed E-state index contributed by atoms with van der Waals surface area (Å²) in [7, 11) is 0. The van der Waals surface area contributed by atoms with E-state index < -0.39 is 19.5 Å². The van der Waals surface area contributed by atoms with Gasteiger partial charge in [0.25, 0.3) is 11.9 Å².